The summed E-state index contributed by atoms with van der Waals surface area (Å²) in [5.41, 5.74) is 0.479. The van der Waals surface area contributed by atoms with E-state index >= 15 is 0 Å². The van der Waals surface area contributed by atoms with Crippen LogP contribution in [0.4, 0.5) is 0 Å². The quantitative estimate of drug-likeness (QED) is 0.647. The highest BCUT2D eigenvalue weighted by atomic mass is 16.5. The number of nitrogens with one attached hydrogen (secondary N) is 1. The molecule has 2 N–H and O–H groups in total. The molecule has 1 saturated carbocycles. The molecule has 3 heteroatoms. The van der Waals surface area contributed by atoms with Gasteiger partial charge in [0.05, 0.1) is 12.7 Å². The molecule has 0 heterocycles. The number of rotatable bonds is 10. The molecule has 1 atom stereocenters. The van der Waals surface area contributed by atoms with Gasteiger partial charge in [0.15, 0.2) is 0 Å². The maximum absolute atomic E-state index is 9.91. The number of aliphatic hydroxyl groups is 1. The molecular weight excluding hydrogens is 250 g/mol. The van der Waals surface area contributed by atoms with Crippen molar-refractivity contribution in [2.75, 3.05) is 26.3 Å². The van der Waals surface area contributed by atoms with E-state index in [9.17, 15) is 5.11 Å². The zero-order valence-corrected chi connectivity index (χ0v) is 14.0. The van der Waals surface area contributed by atoms with Crippen molar-refractivity contribution in [3.05, 3.63) is 0 Å². The van der Waals surface area contributed by atoms with Crippen LogP contribution >= 0.6 is 0 Å². The first-order valence-electron chi connectivity index (χ1n) is 8.40. The molecule has 1 aliphatic carbocycles. The Kier molecular flexibility index (Phi) is 8.08. The summed E-state index contributed by atoms with van der Waals surface area (Å²) in [6.45, 7) is 11.8. The molecule has 0 saturated heterocycles. The van der Waals surface area contributed by atoms with Gasteiger partial charge in [-0.3, -0.25) is 0 Å². The molecule has 1 aliphatic rings. The lowest BCUT2D eigenvalue weighted by atomic mass is 9.78. The summed E-state index contributed by atoms with van der Waals surface area (Å²) in [7, 11) is 0. The van der Waals surface area contributed by atoms with E-state index in [0.717, 1.165) is 19.1 Å². The summed E-state index contributed by atoms with van der Waals surface area (Å²) in [5, 5.41) is 13.4. The zero-order chi connectivity index (χ0) is 15.0. The average molecular weight is 285 g/mol. The van der Waals surface area contributed by atoms with E-state index in [-0.39, 0.29) is 6.10 Å². The predicted octanol–water partition coefficient (Wildman–Crippen LogP) is 3.22. The smallest absolute Gasteiger partial charge is 0.0897 e. The third kappa shape index (κ3) is 7.05. The summed E-state index contributed by atoms with van der Waals surface area (Å²) >= 11 is 0. The van der Waals surface area contributed by atoms with Gasteiger partial charge >= 0.3 is 0 Å². The van der Waals surface area contributed by atoms with Gasteiger partial charge in [0.1, 0.15) is 0 Å². The molecule has 3 nitrogen and oxygen atoms in total. The lowest BCUT2D eigenvalue weighted by molar-refractivity contribution is 0.0246. The van der Waals surface area contributed by atoms with Gasteiger partial charge in [0.25, 0.3) is 0 Å². The summed E-state index contributed by atoms with van der Waals surface area (Å²) in [5.74, 6) is 1.29. The van der Waals surface area contributed by atoms with E-state index in [1.807, 2.05) is 0 Å². The van der Waals surface area contributed by atoms with Crippen LogP contribution in [-0.4, -0.2) is 37.5 Å². The van der Waals surface area contributed by atoms with Crippen LogP contribution < -0.4 is 5.32 Å². The zero-order valence-electron chi connectivity index (χ0n) is 14.0. The summed E-state index contributed by atoms with van der Waals surface area (Å²) < 4.78 is 5.48. The van der Waals surface area contributed by atoms with Gasteiger partial charge in [-0.15, -0.1) is 0 Å². The lowest BCUT2D eigenvalue weighted by Gasteiger charge is -2.31. The van der Waals surface area contributed by atoms with Crippen molar-refractivity contribution in [2.45, 2.75) is 65.9 Å². The second-order valence-electron chi connectivity index (χ2n) is 7.52. The Morgan fingerprint density at radius 1 is 1.05 bits per heavy atom. The van der Waals surface area contributed by atoms with Crippen LogP contribution in [0.25, 0.3) is 0 Å². The molecule has 1 fully saturated rings. The van der Waals surface area contributed by atoms with Crippen LogP contribution in [0.2, 0.25) is 0 Å². The highest BCUT2D eigenvalue weighted by Crippen LogP contribution is 2.42. The van der Waals surface area contributed by atoms with Crippen molar-refractivity contribution in [2.24, 2.45) is 17.3 Å². The number of aliphatic hydroxyl groups excluding tert-OH is 1. The fourth-order valence-electron chi connectivity index (χ4n) is 3.45. The largest absolute Gasteiger partial charge is 0.389 e. The Hall–Kier alpha value is -0.120. The third-order valence-corrected chi connectivity index (χ3v) is 4.15. The molecule has 0 aromatic heterocycles. The SMILES string of the molecule is CC(C)COCC(O)CNCC1(CC(C)C)CCCC1. The van der Waals surface area contributed by atoms with Crippen LogP contribution in [0.15, 0.2) is 0 Å². The molecule has 120 valence electrons. The van der Waals surface area contributed by atoms with Crippen molar-refractivity contribution in [3.63, 3.8) is 0 Å². The van der Waals surface area contributed by atoms with E-state index in [2.05, 4.69) is 33.0 Å². The number of hydrogen-bond acceptors (Lipinski definition) is 3. The second kappa shape index (κ2) is 9.01. The fourth-order valence-corrected chi connectivity index (χ4v) is 3.45. The molecule has 0 radical (unpaired) electrons. The van der Waals surface area contributed by atoms with E-state index in [4.69, 9.17) is 4.74 Å². The maximum atomic E-state index is 9.91. The van der Waals surface area contributed by atoms with Crippen LogP contribution in [0.1, 0.15) is 59.8 Å². The van der Waals surface area contributed by atoms with Gasteiger partial charge in [0, 0.05) is 19.7 Å². The standard InChI is InChI=1S/C17H35NO2/c1-14(2)9-17(7-5-6-8-17)13-18-10-16(19)12-20-11-15(3)4/h14-16,18-19H,5-13H2,1-4H3. The van der Waals surface area contributed by atoms with Crippen molar-refractivity contribution >= 4 is 0 Å². The van der Waals surface area contributed by atoms with Gasteiger partial charge in [-0.2, -0.15) is 0 Å². The first kappa shape index (κ1) is 17.9. The average Bonchev–Trinajstić information content (AvgIpc) is 2.76. The summed E-state index contributed by atoms with van der Waals surface area (Å²) in [6.07, 6.45) is 6.35. The first-order chi connectivity index (χ1) is 9.43. The second-order valence-corrected chi connectivity index (χ2v) is 7.52. The first-order valence-corrected chi connectivity index (χ1v) is 8.40. The van der Waals surface area contributed by atoms with Gasteiger partial charge in [-0.05, 0) is 36.5 Å². The highest BCUT2D eigenvalue weighted by molar-refractivity contribution is 4.87. The number of ether oxygens (including phenoxy) is 1. The Labute approximate surface area is 125 Å². The lowest BCUT2D eigenvalue weighted by Crippen LogP contribution is -2.38. The minimum Gasteiger partial charge on any atom is -0.389 e. The van der Waals surface area contributed by atoms with Crippen LogP contribution in [0, 0.1) is 17.3 Å². The summed E-state index contributed by atoms with van der Waals surface area (Å²) in [6, 6.07) is 0. The van der Waals surface area contributed by atoms with Crippen molar-refractivity contribution in [1.29, 1.82) is 0 Å². The van der Waals surface area contributed by atoms with E-state index in [0.29, 0.717) is 24.5 Å². The number of hydrogen-bond donors (Lipinski definition) is 2. The molecule has 0 aliphatic heterocycles. The minimum atomic E-state index is -0.383. The Morgan fingerprint density at radius 2 is 1.70 bits per heavy atom. The molecule has 0 aromatic carbocycles. The molecule has 1 rings (SSSR count). The Morgan fingerprint density at radius 3 is 2.25 bits per heavy atom. The van der Waals surface area contributed by atoms with Crippen molar-refractivity contribution in [1.82, 2.24) is 5.32 Å². The Bertz CT molecular complexity index is 247. The van der Waals surface area contributed by atoms with Crippen molar-refractivity contribution in [3.8, 4) is 0 Å². The third-order valence-electron chi connectivity index (χ3n) is 4.15. The van der Waals surface area contributed by atoms with Gasteiger partial charge in [-0.1, -0.05) is 40.5 Å². The fraction of sp³-hybridized carbons (Fsp3) is 1.00. The highest BCUT2D eigenvalue weighted by Gasteiger charge is 2.33. The Balaban J connectivity index is 2.20. The molecule has 0 aromatic rings. The molecule has 1 unspecified atom stereocenters. The molecule has 20 heavy (non-hydrogen) atoms. The minimum absolute atomic E-state index is 0.383. The van der Waals surface area contributed by atoms with Crippen LogP contribution in [-0.2, 0) is 4.74 Å². The maximum Gasteiger partial charge on any atom is 0.0897 e. The van der Waals surface area contributed by atoms with E-state index in [1.54, 1.807) is 0 Å². The summed E-state index contributed by atoms with van der Waals surface area (Å²) in [4.78, 5) is 0. The topological polar surface area (TPSA) is 41.5 Å². The molecule has 0 spiro atoms. The van der Waals surface area contributed by atoms with Gasteiger partial charge in [0.2, 0.25) is 0 Å². The predicted molar refractivity (Wildman–Crippen MR) is 84.9 cm³/mol. The monoisotopic (exact) mass is 285 g/mol. The van der Waals surface area contributed by atoms with Gasteiger partial charge in [-0.25, -0.2) is 0 Å². The van der Waals surface area contributed by atoms with E-state index in [1.165, 1.54) is 32.1 Å². The van der Waals surface area contributed by atoms with E-state index < -0.39 is 0 Å². The van der Waals surface area contributed by atoms with Crippen LogP contribution in [0.5, 0.6) is 0 Å². The molecule has 0 bridgehead atoms. The van der Waals surface area contributed by atoms with Crippen molar-refractivity contribution < 1.29 is 9.84 Å². The molecule has 0 amide bonds. The van der Waals surface area contributed by atoms with Gasteiger partial charge < -0.3 is 15.2 Å². The normalized spacial score (nSPS) is 19.9. The van der Waals surface area contributed by atoms with Crippen LogP contribution in [0.3, 0.4) is 0 Å². The molecular formula is C17H35NO2.